The number of para-hydroxylation sites is 1. The molecule has 3 aromatic rings. The lowest BCUT2D eigenvalue weighted by molar-refractivity contribution is -0.119. The predicted molar refractivity (Wildman–Crippen MR) is 117 cm³/mol. The number of fused-ring (bicyclic) bond motifs is 1. The average molecular weight is 409 g/mol. The second-order valence-electron chi connectivity index (χ2n) is 7.85. The van der Waals surface area contributed by atoms with E-state index in [0.717, 1.165) is 22.3 Å². The third kappa shape index (κ3) is 4.50. The molecule has 0 aliphatic carbocycles. The maximum atomic E-state index is 12.5. The number of esters is 1. The molecule has 0 aliphatic rings. The van der Waals surface area contributed by atoms with Crippen molar-refractivity contribution in [3.8, 4) is 0 Å². The van der Waals surface area contributed by atoms with Crippen molar-refractivity contribution in [3.05, 3.63) is 53.1 Å². The van der Waals surface area contributed by atoms with E-state index in [1.165, 1.54) is 0 Å². The van der Waals surface area contributed by atoms with E-state index in [0.29, 0.717) is 17.6 Å². The van der Waals surface area contributed by atoms with Gasteiger partial charge in [-0.15, -0.1) is 5.10 Å². The topological polar surface area (TPSA) is 86.1 Å². The molecular weight excluding hydrogens is 380 g/mol. The Bertz CT molecular complexity index is 1040. The van der Waals surface area contributed by atoms with Crippen LogP contribution in [-0.4, -0.2) is 33.5 Å². The fraction of sp³-hybridized carbons (Fsp3) is 0.391. The van der Waals surface area contributed by atoms with Gasteiger partial charge >= 0.3 is 5.97 Å². The molecule has 7 nitrogen and oxygen atoms in total. The normalized spacial score (nSPS) is 11.3. The number of rotatable bonds is 7. The van der Waals surface area contributed by atoms with Gasteiger partial charge in [-0.25, -0.2) is 9.48 Å². The summed E-state index contributed by atoms with van der Waals surface area (Å²) in [5.74, 6) is -0.426. The van der Waals surface area contributed by atoms with E-state index in [4.69, 9.17) is 4.74 Å². The third-order valence-corrected chi connectivity index (χ3v) is 5.02. The van der Waals surface area contributed by atoms with Crippen molar-refractivity contribution in [2.45, 2.75) is 53.0 Å². The Morgan fingerprint density at radius 3 is 2.33 bits per heavy atom. The van der Waals surface area contributed by atoms with Crippen LogP contribution in [0.2, 0.25) is 0 Å². The highest BCUT2D eigenvalue weighted by Gasteiger charge is 2.18. The molecule has 1 aromatic heterocycles. The molecule has 0 atom stereocenters. The van der Waals surface area contributed by atoms with Gasteiger partial charge < -0.3 is 10.1 Å². The van der Waals surface area contributed by atoms with Crippen LogP contribution < -0.4 is 5.32 Å². The predicted octanol–water partition coefficient (Wildman–Crippen LogP) is 4.49. The van der Waals surface area contributed by atoms with Crippen LogP contribution in [0.4, 0.5) is 5.69 Å². The molecule has 2 aromatic carbocycles. The zero-order valence-corrected chi connectivity index (χ0v) is 18.1. The van der Waals surface area contributed by atoms with Crippen LogP contribution in [0, 0.1) is 0 Å². The summed E-state index contributed by atoms with van der Waals surface area (Å²) in [5, 5.41) is 11.0. The molecule has 0 aliphatic heterocycles. The average Bonchev–Trinajstić information content (AvgIpc) is 3.14. The summed E-state index contributed by atoms with van der Waals surface area (Å²) < 4.78 is 6.99. The second-order valence-corrected chi connectivity index (χ2v) is 7.85. The molecule has 1 amide bonds. The molecule has 3 rings (SSSR count). The number of carbonyl (C=O) groups excluding carboxylic acids is 2. The minimum atomic E-state index is -0.570. The lowest BCUT2D eigenvalue weighted by atomic mass is 9.92. The second kappa shape index (κ2) is 9.07. The first-order chi connectivity index (χ1) is 14.3. The van der Waals surface area contributed by atoms with Crippen molar-refractivity contribution < 1.29 is 14.3 Å². The molecule has 0 saturated heterocycles. The van der Waals surface area contributed by atoms with E-state index in [9.17, 15) is 9.59 Å². The highest BCUT2D eigenvalue weighted by atomic mass is 16.5. The Morgan fingerprint density at radius 2 is 1.73 bits per heavy atom. The summed E-state index contributed by atoms with van der Waals surface area (Å²) in [6.45, 7) is 10.6. The number of nitrogens with one attached hydrogen (secondary N) is 1. The number of ether oxygens (including phenoxy) is 1. The summed E-state index contributed by atoms with van der Waals surface area (Å²) in [5.41, 5.74) is 4.72. The van der Waals surface area contributed by atoms with Gasteiger partial charge in [-0.05, 0) is 48.1 Å². The van der Waals surface area contributed by atoms with Gasteiger partial charge in [0, 0.05) is 12.2 Å². The van der Waals surface area contributed by atoms with E-state index in [-0.39, 0.29) is 24.3 Å². The van der Waals surface area contributed by atoms with Crippen molar-refractivity contribution >= 4 is 28.6 Å². The first-order valence-electron chi connectivity index (χ1n) is 10.2. The van der Waals surface area contributed by atoms with E-state index in [2.05, 4.69) is 43.3 Å². The number of carbonyl (C=O) groups is 2. The number of hydrogen-bond donors (Lipinski definition) is 1. The molecule has 7 heteroatoms. The van der Waals surface area contributed by atoms with Crippen molar-refractivity contribution in [2.75, 3.05) is 11.9 Å². The summed E-state index contributed by atoms with van der Waals surface area (Å²) >= 11 is 0. The summed E-state index contributed by atoms with van der Waals surface area (Å²) in [6.07, 6.45) is 0. The monoisotopic (exact) mass is 408 g/mol. The zero-order valence-electron chi connectivity index (χ0n) is 18.1. The first-order valence-corrected chi connectivity index (χ1v) is 10.2. The summed E-state index contributed by atoms with van der Waals surface area (Å²) in [7, 11) is 0. The standard InChI is InChI=1S/C23H28N4O3/c1-6-27-20-11-10-16(12-19(20)25-26-27)23(29)30-13-21(28)24-22-17(14(2)3)8-7-9-18(22)15(4)5/h7-12,14-15H,6,13H2,1-5H3,(H,24,28). The van der Waals surface area contributed by atoms with Gasteiger partial charge in [-0.2, -0.15) is 0 Å². The van der Waals surface area contributed by atoms with Gasteiger partial charge in [0.05, 0.1) is 11.1 Å². The number of nitrogens with zero attached hydrogens (tertiary/aromatic N) is 3. The lowest BCUT2D eigenvalue weighted by Gasteiger charge is -2.20. The number of aryl methyl sites for hydroxylation is 1. The molecular formula is C23H28N4O3. The number of aromatic nitrogens is 3. The van der Waals surface area contributed by atoms with E-state index in [1.807, 2.05) is 25.1 Å². The molecule has 0 fully saturated rings. The fourth-order valence-corrected chi connectivity index (χ4v) is 3.42. The highest BCUT2D eigenvalue weighted by molar-refractivity contribution is 5.97. The van der Waals surface area contributed by atoms with Gasteiger partial charge in [0.1, 0.15) is 5.52 Å². The molecule has 1 heterocycles. The highest BCUT2D eigenvalue weighted by Crippen LogP contribution is 2.32. The largest absolute Gasteiger partial charge is 0.452 e. The van der Waals surface area contributed by atoms with Gasteiger partial charge in [0.25, 0.3) is 5.91 Å². The Balaban J connectivity index is 1.70. The Labute approximate surface area is 176 Å². The van der Waals surface area contributed by atoms with Gasteiger partial charge in [-0.3, -0.25) is 4.79 Å². The number of hydrogen-bond acceptors (Lipinski definition) is 5. The van der Waals surface area contributed by atoms with Crippen LogP contribution in [0.5, 0.6) is 0 Å². The van der Waals surface area contributed by atoms with Crippen molar-refractivity contribution in [2.24, 2.45) is 0 Å². The smallest absolute Gasteiger partial charge is 0.338 e. The molecule has 0 spiro atoms. The Kier molecular flexibility index (Phi) is 6.50. The molecule has 158 valence electrons. The van der Waals surface area contributed by atoms with Crippen LogP contribution in [0.1, 0.15) is 67.9 Å². The van der Waals surface area contributed by atoms with Crippen LogP contribution in [0.15, 0.2) is 36.4 Å². The van der Waals surface area contributed by atoms with E-state index in [1.54, 1.807) is 22.9 Å². The molecule has 0 bridgehead atoms. The van der Waals surface area contributed by atoms with Gasteiger partial charge in [-0.1, -0.05) is 51.1 Å². The van der Waals surface area contributed by atoms with Crippen LogP contribution in [0.3, 0.4) is 0 Å². The third-order valence-electron chi connectivity index (χ3n) is 5.02. The van der Waals surface area contributed by atoms with Crippen LogP contribution >= 0.6 is 0 Å². The SMILES string of the molecule is CCn1nnc2cc(C(=O)OCC(=O)Nc3c(C(C)C)cccc3C(C)C)ccc21. The maximum absolute atomic E-state index is 12.5. The molecule has 0 saturated carbocycles. The van der Waals surface area contributed by atoms with Gasteiger partial charge in [0.15, 0.2) is 6.61 Å². The summed E-state index contributed by atoms with van der Waals surface area (Å²) in [6, 6.07) is 11.1. The zero-order chi connectivity index (χ0) is 21.8. The summed E-state index contributed by atoms with van der Waals surface area (Å²) in [4.78, 5) is 25.0. The van der Waals surface area contributed by atoms with Crippen LogP contribution in [0.25, 0.3) is 11.0 Å². The van der Waals surface area contributed by atoms with Gasteiger partial charge in [0.2, 0.25) is 0 Å². The Morgan fingerprint density at radius 1 is 1.07 bits per heavy atom. The number of amides is 1. The molecule has 0 radical (unpaired) electrons. The van der Waals surface area contributed by atoms with Crippen molar-refractivity contribution in [1.82, 2.24) is 15.0 Å². The van der Waals surface area contributed by atoms with E-state index < -0.39 is 5.97 Å². The minimum Gasteiger partial charge on any atom is -0.452 e. The molecule has 30 heavy (non-hydrogen) atoms. The number of benzene rings is 2. The number of anilines is 1. The fourth-order valence-electron chi connectivity index (χ4n) is 3.42. The first kappa shape index (κ1) is 21.5. The lowest BCUT2D eigenvalue weighted by Crippen LogP contribution is -2.22. The van der Waals surface area contributed by atoms with Crippen LogP contribution in [-0.2, 0) is 16.1 Å². The van der Waals surface area contributed by atoms with E-state index >= 15 is 0 Å². The molecule has 1 N–H and O–H groups in total. The van der Waals surface area contributed by atoms with Crippen molar-refractivity contribution in [1.29, 1.82) is 0 Å². The Hall–Kier alpha value is -3.22. The maximum Gasteiger partial charge on any atom is 0.338 e. The quantitative estimate of drug-likeness (QED) is 0.582. The minimum absolute atomic E-state index is 0.254. The van der Waals surface area contributed by atoms with Crippen molar-refractivity contribution in [3.63, 3.8) is 0 Å². The molecule has 0 unspecified atom stereocenters.